The minimum absolute atomic E-state index is 0.699. The van der Waals surface area contributed by atoms with Gasteiger partial charge in [0.15, 0.2) is 0 Å². The summed E-state index contributed by atoms with van der Waals surface area (Å²) < 4.78 is 0. The molecule has 0 aromatic heterocycles. The molecule has 0 aromatic rings. The van der Waals surface area contributed by atoms with Crippen molar-refractivity contribution >= 4 is 6.29 Å². The number of nitrogens with zero attached hydrogens (tertiary/aromatic N) is 1. The predicted octanol–water partition coefficient (Wildman–Crippen LogP) is 0.264. The standard InChI is InChI=1S/C7H9NO/c1-8(2)6-4-3-5-7-9/h3,5,7H,1-2H3. The number of hydrogen-bond acceptors (Lipinski definition) is 2. The lowest BCUT2D eigenvalue weighted by Gasteiger charge is -1.95. The van der Waals surface area contributed by atoms with Gasteiger partial charge < -0.3 is 4.90 Å². The minimum atomic E-state index is 0.699. The molecule has 0 radical (unpaired) electrons. The molecule has 0 aliphatic rings. The van der Waals surface area contributed by atoms with E-state index >= 15 is 0 Å². The zero-order valence-corrected chi connectivity index (χ0v) is 5.59. The van der Waals surface area contributed by atoms with Crippen LogP contribution < -0.4 is 0 Å². The van der Waals surface area contributed by atoms with Crippen molar-refractivity contribution in [2.75, 3.05) is 14.1 Å². The van der Waals surface area contributed by atoms with E-state index in [1.54, 1.807) is 4.90 Å². The van der Waals surface area contributed by atoms with Crippen molar-refractivity contribution in [2.45, 2.75) is 0 Å². The lowest BCUT2D eigenvalue weighted by molar-refractivity contribution is -0.104. The molecule has 0 saturated carbocycles. The molecule has 0 fully saturated rings. The minimum Gasteiger partial charge on any atom is -0.338 e. The van der Waals surface area contributed by atoms with Gasteiger partial charge in [0.05, 0.1) is 0 Å². The van der Waals surface area contributed by atoms with Gasteiger partial charge in [-0.25, -0.2) is 0 Å². The molecule has 0 spiro atoms. The van der Waals surface area contributed by atoms with Crippen LogP contribution in [0.2, 0.25) is 0 Å². The summed E-state index contributed by atoms with van der Waals surface area (Å²) in [5.74, 6) is 2.65. The Morgan fingerprint density at radius 1 is 1.44 bits per heavy atom. The Morgan fingerprint density at radius 3 is 2.56 bits per heavy atom. The molecule has 0 heterocycles. The zero-order valence-electron chi connectivity index (χ0n) is 5.59. The Labute approximate surface area is 55.2 Å². The number of rotatable bonds is 1. The van der Waals surface area contributed by atoms with Crippen molar-refractivity contribution in [3.05, 3.63) is 12.2 Å². The first-order valence-corrected chi connectivity index (χ1v) is 2.56. The largest absolute Gasteiger partial charge is 0.338 e. The third-order valence-electron chi connectivity index (χ3n) is 0.546. The summed E-state index contributed by atoms with van der Waals surface area (Å²) in [6, 6.07) is 2.72. The van der Waals surface area contributed by atoms with Crippen LogP contribution in [0.25, 0.3) is 0 Å². The second kappa shape index (κ2) is 4.92. The van der Waals surface area contributed by atoms with Crippen LogP contribution in [0.15, 0.2) is 12.2 Å². The van der Waals surface area contributed by atoms with Crippen LogP contribution in [0.5, 0.6) is 0 Å². The second-order valence-electron chi connectivity index (χ2n) is 1.65. The zero-order chi connectivity index (χ0) is 7.11. The average Bonchev–Trinajstić information content (AvgIpc) is 1.80. The van der Waals surface area contributed by atoms with Crippen LogP contribution in [0, 0.1) is 12.0 Å². The van der Waals surface area contributed by atoms with Crippen LogP contribution in [0.1, 0.15) is 0 Å². The Morgan fingerprint density at radius 2 is 2.11 bits per heavy atom. The molecular weight excluding hydrogens is 114 g/mol. The Hall–Kier alpha value is -1.23. The maximum atomic E-state index is 9.68. The van der Waals surface area contributed by atoms with Gasteiger partial charge in [-0.2, -0.15) is 0 Å². The lowest BCUT2D eigenvalue weighted by Crippen LogP contribution is -2.00. The molecule has 0 bridgehead atoms. The van der Waals surface area contributed by atoms with Gasteiger partial charge in [-0.15, -0.1) is 0 Å². The summed E-state index contributed by atoms with van der Waals surface area (Å²) in [7, 11) is 3.67. The molecule has 0 aliphatic heterocycles. The molecule has 2 nitrogen and oxygen atoms in total. The molecule has 0 aliphatic carbocycles. The average molecular weight is 123 g/mol. The maximum absolute atomic E-state index is 9.68. The first-order valence-electron chi connectivity index (χ1n) is 2.56. The Balaban J connectivity index is 3.61. The fourth-order valence-corrected chi connectivity index (χ4v) is 0.254. The van der Waals surface area contributed by atoms with E-state index in [1.165, 1.54) is 12.2 Å². The molecule has 0 unspecified atom stereocenters. The smallest absolute Gasteiger partial charge is 0.143 e. The first-order chi connectivity index (χ1) is 4.27. The van der Waals surface area contributed by atoms with Gasteiger partial charge >= 0.3 is 0 Å². The molecule has 0 N–H and O–H groups in total. The molecule has 2 heteroatoms. The predicted molar refractivity (Wildman–Crippen MR) is 36.7 cm³/mol. The second-order valence-corrected chi connectivity index (χ2v) is 1.65. The third kappa shape index (κ3) is 6.77. The highest BCUT2D eigenvalue weighted by atomic mass is 16.1. The number of aldehydes is 1. The molecule has 0 rings (SSSR count). The summed E-state index contributed by atoms with van der Waals surface area (Å²) in [5.41, 5.74) is 0. The fraction of sp³-hybridized carbons (Fsp3) is 0.286. The van der Waals surface area contributed by atoms with E-state index < -0.39 is 0 Å². The van der Waals surface area contributed by atoms with Crippen LogP contribution in [-0.4, -0.2) is 25.3 Å². The summed E-state index contributed by atoms with van der Waals surface area (Å²) >= 11 is 0. The van der Waals surface area contributed by atoms with Gasteiger partial charge in [0, 0.05) is 20.1 Å². The van der Waals surface area contributed by atoms with Gasteiger partial charge in [-0.1, -0.05) is 5.92 Å². The Bertz CT molecular complexity index is 159. The van der Waals surface area contributed by atoms with Crippen molar-refractivity contribution in [1.29, 1.82) is 0 Å². The van der Waals surface area contributed by atoms with Gasteiger partial charge in [0.25, 0.3) is 0 Å². The molecule has 0 amide bonds. The summed E-state index contributed by atoms with van der Waals surface area (Å²) in [6.45, 7) is 0. The van der Waals surface area contributed by atoms with Gasteiger partial charge in [-0.05, 0) is 12.2 Å². The van der Waals surface area contributed by atoms with E-state index in [9.17, 15) is 4.79 Å². The number of carbonyl (C=O) groups excluding carboxylic acids is 1. The highest BCUT2D eigenvalue weighted by Crippen LogP contribution is 1.66. The molecule has 0 atom stereocenters. The van der Waals surface area contributed by atoms with Crippen molar-refractivity contribution in [3.63, 3.8) is 0 Å². The lowest BCUT2D eigenvalue weighted by atomic mass is 10.5. The highest BCUT2D eigenvalue weighted by molar-refractivity contribution is 5.65. The number of hydrogen-bond donors (Lipinski definition) is 0. The van der Waals surface area contributed by atoms with Gasteiger partial charge in [-0.3, -0.25) is 4.79 Å². The van der Waals surface area contributed by atoms with E-state index in [4.69, 9.17) is 0 Å². The van der Waals surface area contributed by atoms with E-state index in [2.05, 4.69) is 12.0 Å². The topological polar surface area (TPSA) is 20.3 Å². The van der Waals surface area contributed by atoms with Gasteiger partial charge in [0.1, 0.15) is 6.29 Å². The molecule has 0 aromatic carbocycles. The van der Waals surface area contributed by atoms with Crippen LogP contribution >= 0.6 is 0 Å². The third-order valence-corrected chi connectivity index (χ3v) is 0.546. The van der Waals surface area contributed by atoms with Gasteiger partial charge in [0.2, 0.25) is 0 Å². The van der Waals surface area contributed by atoms with Crippen molar-refractivity contribution in [3.8, 4) is 12.0 Å². The normalized spacial score (nSPS) is 8.22. The van der Waals surface area contributed by atoms with E-state index in [1.807, 2.05) is 14.1 Å². The fourth-order valence-electron chi connectivity index (χ4n) is 0.254. The van der Waals surface area contributed by atoms with Crippen molar-refractivity contribution in [1.82, 2.24) is 4.90 Å². The van der Waals surface area contributed by atoms with E-state index in [-0.39, 0.29) is 0 Å². The summed E-state index contributed by atoms with van der Waals surface area (Å²) in [6.07, 6.45) is 3.56. The Kier molecular flexibility index (Phi) is 4.25. The number of carbonyl (C=O) groups is 1. The van der Waals surface area contributed by atoms with E-state index in [0.717, 1.165) is 0 Å². The van der Waals surface area contributed by atoms with Crippen molar-refractivity contribution in [2.24, 2.45) is 0 Å². The van der Waals surface area contributed by atoms with Crippen LogP contribution in [0.4, 0.5) is 0 Å². The molecule has 48 valence electrons. The SMILES string of the molecule is CN(C)C#CC=CC=O. The molecule has 9 heavy (non-hydrogen) atoms. The number of allylic oxidation sites excluding steroid dienone is 2. The van der Waals surface area contributed by atoms with Crippen LogP contribution in [-0.2, 0) is 4.79 Å². The van der Waals surface area contributed by atoms with E-state index in [0.29, 0.717) is 6.29 Å². The molecule has 0 saturated heterocycles. The van der Waals surface area contributed by atoms with Crippen molar-refractivity contribution < 1.29 is 4.79 Å². The summed E-state index contributed by atoms with van der Waals surface area (Å²) in [4.78, 5) is 11.4. The molecular formula is C7H9NO. The quantitative estimate of drug-likeness (QED) is 0.216. The monoisotopic (exact) mass is 123 g/mol. The summed E-state index contributed by atoms with van der Waals surface area (Å²) in [5, 5.41) is 0. The first kappa shape index (κ1) is 7.77. The highest BCUT2D eigenvalue weighted by Gasteiger charge is 1.67. The maximum Gasteiger partial charge on any atom is 0.143 e. The van der Waals surface area contributed by atoms with Crippen LogP contribution in [0.3, 0.4) is 0 Å².